The molecule has 0 aliphatic carbocycles. The number of halogens is 2. The van der Waals surface area contributed by atoms with Crippen LogP contribution >= 0.6 is 11.8 Å². The molecule has 186 valence electrons. The molecule has 36 heavy (non-hydrogen) atoms. The van der Waals surface area contributed by atoms with Crippen molar-refractivity contribution in [3.63, 3.8) is 0 Å². The molecule has 0 radical (unpaired) electrons. The second-order valence-corrected chi connectivity index (χ2v) is 9.62. The Morgan fingerprint density at radius 2 is 1.81 bits per heavy atom. The number of benzene rings is 3. The lowest BCUT2D eigenvalue weighted by Gasteiger charge is -2.33. The molecule has 1 saturated heterocycles. The first-order chi connectivity index (χ1) is 17.4. The van der Waals surface area contributed by atoms with Crippen LogP contribution in [0.25, 0.3) is 0 Å². The number of carbonyl (C=O) groups is 2. The second-order valence-electron chi connectivity index (χ2n) is 8.33. The van der Waals surface area contributed by atoms with Gasteiger partial charge >= 0.3 is 6.03 Å². The molecule has 5 rings (SSSR count). The van der Waals surface area contributed by atoms with E-state index in [-0.39, 0.29) is 12.5 Å². The van der Waals surface area contributed by atoms with Crippen molar-refractivity contribution in [1.29, 1.82) is 0 Å². The zero-order valence-electron chi connectivity index (χ0n) is 19.6. The fourth-order valence-corrected chi connectivity index (χ4v) is 6.04. The zero-order chi connectivity index (χ0) is 25.4. The van der Waals surface area contributed by atoms with E-state index < -0.39 is 22.5 Å². The summed E-state index contributed by atoms with van der Waals surface area (Å²) >= 11 is 1.36. The molecule has 1 spiro atoms. The molecule has 7 nitrogen and oxygen atoms in total. The maximum Gasteiger partial charge on any atom is 0.323 e. The standard InChI is InChI=1S/C26H23F2N3O4S/c1-34-18-5-3-4-17(13-18)29-25(33)31-10-11-36-26(31)20-14-19(35-2)7-9-23(20)30(24(26)32)15-16-6-8-21(27)22(28)12-16/h3-9,12-14H,10-11,15H2,1-2H3,(H,29,33)/t26-/m0/s1. The number of carbonyl (C=O) groups excluding carboxylic acids is 2. The lowest BCUT2D eigenvalue weighted by atomic mass is 10.1. The number of nitrogens with zero attached hydrogens (tertiary/aromatic N) is 2. The van der Waals surface area contributed by atoms with Gasteiger partial charge in [-0.1, -0.05) is 12.1 Å². The maximum atomic E-state index is 14.1. The number of ether oxygens (including phenoxy) is 2. The second kappa shape index (κ2) is 9.34. The van der Waals surface area contributed by atoms with Crippen LogP contribution in [0.4, 0.5) is 25.0 Å². The molecule has 3 amide bonds. The summed E-state index contributed by atoms with van der Waals surface area (Å²) in [6.45, 7) is 0.352. The van der Waals surface area contributed by atoms with E-state index in [9.17, 15) is 18.4 Å². The molecule has 0 bridgehead atoms. The van der Waals surface area contributed by atoms with Crippen molar-refractivity contribution in [3.05, 3.63) is 83.4 Å². The van der Waals surface area contributed by atoms with Gasteiger partial charge in [-0.25, -0.2) is 13.6 Å². The van der Waals surface area contributed by atoms with E-state index in [0.717, 1.165) is 12.1 Å². The summed E-state index contributed by atoms with van der Waals surface area (Å²) in [4.78, 5) is 29.3. The Kier molecular flexibility index (Phi) is 6.21. The summed E-state index contributed by atoms with van der Waals surface area (Å²) < 4.78 is 38.0. The van der Waals surface area contributed by atoms with E-state index in [1.165, 1.54) is 41.8 Å². The van der Waals surface area contributed by atoms with Gasteiger partial charge in [0.2, 0.25) is 0 Å². The Morgan fingerprint density at radius 1 is 1.03 bits per heavy atom. The van der Waals surface area contributed by atoms with E-state index in [1.807, 2.05) is 0 Å². The summed E-state index contributed by atoms with van der Waals surface area (Å²) in [5, 5.41) is 2.87. The van der Waals surface area contributed by atoms with Crippen LogP contribution < -0.4 is 19.7 Å². The van der Waals surface area contributed by atoms with E-state index >= 15 is 0 Å². The van der Waals surface area contributed by atoms with Crippen molar-refractivity contribution < 1.29 is 27.8 Å². The molecule has 0 aromatic heterocycles. The molecule has 3 aromatic rings. The van der Waals surface area contributed by atoms with Crippen LogP contribution in [0.3, 0.4) is 0 Å². The lowest BCUT2D eigenvalue weighted by Crippen LogP contribution is -2.51. The number of hydrogen-bond donors (Lipinski definition) is 1. The number of thioether (sulfide) groups is 1. The molecular formula is C26H23F2N3O4S. The molecule has 1 fully saturated rings. The Bertz CT molecular complexity index is 1350. The summed E-state index contributed by atoms with van der Waals surface area (Å²) in [5.41, 5.74) is 2.15. The van der Waals surface area contributed by atoms with Crippen LogP contribution in [-0.2, 0) is 16.2 Å². The lowest BCUT2D eigenvalue weighted by molar-refractivity contribution is -0.123. The minimum Gasteiger partial charge on any atom is -0.497 e. The number of fused-ring (bicyclic) bond motifs is 2. The Morgan fingerprint density at radius 3 is 2.56 bits per heavy atom. The summed E-state index contributed by atoms with van der Waals surface area (Å²) in [7, 11) is 3.06. The highest BCUT2D eigenvalue weighted by Crippen LogP contribution is 2.55. The first-order valence-electron chi connectivity index (χ1n) is 11.2. The Balaban J connectivity index is 1.53. The van der Waals surface area contributed by atoms with Crippen LogP contribution in [0.1, 0.15) is 11.1 Å². The van der Waals surface area contributed by atoms with E-state index in [1.54, 1.807) is 42.5 Å². The number of methoxy groups -OCH3 is 2. The topological polar surface area (TPSA) is 71.1 Å². The smallest absolute Gasteiger partial charge is 0.323 e. The third-order valence-electron chi connectivity index (χ3n) is 6.29. The van der Waals surface area contributed by atoms with Crippen LogP contribution in [-0.4, -0.2) is 43.4 Å². The highest BCUT2D eigenvalue weighted by atomic mass is 32.2. The fraction of sp³-hybridized carbons (Fsp3) is 0.231. The monoisotopic (exact) mass is 511 g/mol. The summed E-state index contributed by atoms with van der Waals surface area (Å²) in [6.07, 6.45) is 0. The van der Waals surface area contributed by atoms with Crippen molar-refractivity contribution in [2.75, 3.05) is 36.7 Å². The quantitative estimate of drug-likeness (QED) is 0.524. The molecule has 1 atom stereocenters. The van der Waals surface area contributed by atoms with Crippen molar-refractivity contribution >= 4 is 35.1 Å². The number of urea groups is 1. The minimum absolute atomic E-state index is 0.0169. The van der Waals surface area contributed by atoms with Crippen LogP contribution in [0, 0.1) is 11.6 Å². The van der Waals surface area contributed by atoms with Crippen molar-refractivity contribution in [1.82, 2.24) is 4.90 Å². The van der Waals surface area contributed by atoms with E-state index in [2.05, 4.69) is 5.32 Å². The highest BCUT2D eigenvalue weighted by Gasteiger charge is 2.59. The number of hydrogen-bond acceptors (Lipinski definition) is 5. The third-order valence-corrected chi connectivity index (χ3v) is 7.71. The number of nitrogens with one attached hydrogen (secondary N) is 1. The Labute approximate surface area is 211 Å². The van der Waals surface area contributed by atoms with Gasteiger partial charge in [0.05, 0.1) is 26.5 Å². The molecule has 1 N–H and O–H groups in total. The van der Waals surface area contributed by atoms with Gasteiger partial charge in [-0.3, -0.25) is 9.69 Å². The van der Waals surface area contributed by atoms with Gasteiger partial charge in [0.15, 0.2) is 16.5 Å². The van der Waals surface area contributed by atoms with Gasteiger partial charge in [0, 0.05) is 29.6 Å². The molecule has 2 aliphatic heterocycles. The SMILES string of the molecule is COc1cccc(NC(=O)N2CCS[C@@]23C(=O)N(Cc2ccc(F)c(F)c2)c2ccc(OC)cc23)c1. The van der Waals surface area contributed by atoms with Gasteiger partial charge in [-0.15, -0.1) is 11.8 Å². The molecule has 10 heteroatoms. The molecule has 3 aromatic carbocycles. The first-order valence-corrected chi connectivity index (χ1v) is 12.2. The predicted molar refractivity (Wildman–Crippen MR) is 133 cm³/mol. The van der Waals surface area contributed by atoms with Gasteiger partial charge in [-0.05, 0) is 48.0 Å². The molecule has 0 unspecified atom stereocenters. The molecule has 2 heterocycles. The third kappa shape index (κ3) is 3.91. The van der Waals surface area contributed by atoms with Crippen LogP contribution in [0.2, 0.25) is 0 Å². The van der Waals surface area contributed by atoms with E-state index in [0.29, 0.717) is 46.3 Å². The zero-order valence-corrected chi connectivity index (χ0v) is 20.4. The number of anilines is 2. The summed E-state index contributed by atoms with van der Waals surface area (Å²) in [5.74, 6) is -0.622. The average Bonchev–Trinajstić information content (AvgIpc) is 3.43. The Hall–Kier alpha value is -3.79. The molecule has 0 saturated carbocycles. The molecule has 2 aliphatic rings. The minimum atomic E-state index is -1.33. The number of rotatable bonds is 5. The first kappa shape index (κ1) is 23.9. The van der Waals surface area contributed by atoms with Gasteiger partial charge < -0.3 is 19.7 Å². The van der Waals surface area contributed by atoms with Crippen molar-refractivity contribution in [2.24, 2.45) is 0 Å². The van der Waals surface area contributed by atoms with Gasteiger partial charge in [-0.2, -0.15) is 0 Å². The normalized spacial score (nSPS) is 18.5. The van der Waals surface area contributed by atoms with Gasteiger partial charge in [0.1, 0.15) is 11.5 Å². The largest absolute Gasteiger partial charge is 0.497 e. The van der Waals surface area contributed by atoms with Crippen LogP contribution in [0.5, 0.6) is 11.5 Å². The fourth-order valence-electron chi connectivity index (χ4n) is 4.59. The van der Waals surface area contributed by atoms with Crippen LogP contribution in [0.15, 0.2) is 60.7 Å². The van der Waals surface area contributed by atoms with Crippen molar-refractivity contribution in [3.8, 4) is 11.5 Å². The predicted octanol–water partition coefficient (Wildman–Crippen LogP) is 4.96. The maximum absolute atomic E-state index is 14.1. The van der Waals surface area contributed by atoms with E-state index in [4.69, 9.17) is 9.47 Å². The van der Waals surface area contributed by atoms with Gasteiger partial charge in [0.25, 0.3) is 5.91 Å². The molecular weight excluding hydrogens is 488 g/mol. The van der Waals surface area contributed by atoms with Crippen molar-refractivity contribution in [2.45, 2.75) is 11.4 Å². The summed E-state index contributed by atoms with van der Waals surface area (Å²) in [6, 6.07) is 15.3. The number of amides is 3. The highest BCUT2D eigenvalue weighted by molar-refractivity contribution is 8.01. The average molecular weight is 512 g/mol.